The van der Waals surface area contributed by atoms with Gasteiger partial charge >= 0.3 is 0 Å². The molecule has 0 radical (unpaired) electrons. The highest BCUT2D eigenvalue weighted by molar-refractivity contribution is 7.92. The highest BCUT2D eigenvalue weighted by atomic mass is 35.5. The van der Waals surface area contributed by atoms with Crippen molar-refractivity contribution in [1.29, 1.82) is 0 Å². The zero-order valence-electron chi connectivity index (χ0n) is 13.8. The van der Waals surface area contributed by atoms with Gasteiger partial charge in [-0.2, -0.15) is 0 Å². The summed E-state index contributed by atoms with van der Waals surface area (Å²) in [5.74, 6) is 0.110. The molecule has 1 fully saturated rings. The summed E-state index contributed by atoms with van der Waals surface area (Å²) in [5.41, 5.74) is 2.10. The predicted molar refractivity (Wildman–Crippen MR) is 99.6 cm³/mol. The molecule has 0 unspecified atom stereocenters. The minimum Gasteiger partial charge on any atom is -0.312 e. The average Bonchev–Trinajstić information content (AvgIpc) is 2.56. The second-order valence-electron chi connectivity index (χ2n) is 6.04. The number of benzene rings is 2. The Morgan fingerprint density at radius 1 is 1.12 bits per heavy atom. The van der Waals surface area contributed by atoms with E-state index in [9.17, 15) is 13.2 Å². The topological polar surface area (TPSA) is 66.5 Å². The van der Waals surface area contributed by atoms with E-state index in [1.807, 2.05) is 6.92 Å². The van der Waals surface area contributed by atoms with E-state index in [-0.39, 0.29) is 15.8 Å². The lowest BCUT2D eigenvalue weighted by Crippen LogP contribution is -2.35. The molecule has 2 aromatic carbocycles. The number of piperidine rings is 1. The molecule has 0 bridgehead atoms. The Labute approximate surface area is 152 Å². The number of sulfonamides is 1. The molecule has 1 N–H and O–H groups in total. The Bertz CT molecular complexity index is 912. The van der Waals surface area contributed by atoms with Crippen molar-refractivity contribution in [3.8, 4) is 0 Å². The Hall–Kier alpha value is -2.05. The van der Waals surface area contributed by atoms with Crippen LogP contribution in [0.1, 0.15) is 24.8 Å². The summed E-state index contributed by atoms with van der Waals surface area (Å²) < 4.78 is 27.6. The van der Waals surface area contributed by atoms with Gasteiger partial charge in [-0.05, 0) is 55.7 Å². The van der Waals surface area contributed by atoms with Gasteiger partial charge in [0, 0.05) is 24.3 Å². The van der Waals surface area contributed by atoms with Gasteiger partial charge in [-0.1, -0.05) is 23.7 Å². The normalized spacial score (nSPS) is 15.3. The molecule has 1 heterocycles. The molecule has 132 valence electrons. The molecular formula is C18H19ClN2O3S. The van der Waals surface area contributed by atoms with Crippen LogP contribution in [0, 0.1) is 6.92 Å². The predicted octanol–water partition coefficient (Wildman–Crippen LogP) is 3.97. The van der Waals surface area contributed by atoms with Gasteiger partial charge in [-0.15, -0.1) is 0 Å². The fourth-order valence-electron chi connectivity index (χ4n) is 2.96. The van der Waals surface area contributed by atoms with Crippen LogP contribution in [0.5, 0.6) is 0 Å². The Morgan fingerprint density at radius 2 is 1.88 bits per heavy atom. The lowest BCUT2D eigenvalue weighted by molar-refractivity contribution is -0.119. The molecule has 25 heavy (non-hydrogen) atoms. The third kappa shape index (κ3) is 3.80. The number of carbonyl (C=O) groups excluding carboxylic acids is 1. The number of rotatable bonds is 4. The number of nitrogens with one attached hydrogen (secondary N) is 1. The fraction of sp³-hybridized carbons (Fsp3) is 0.278. The van der Waals surface area contributed by atoms with E-state index in [0.29, 0.717) is 18.7 Å². The molecule has 1 saturated heterocycles. The van der Waals surface area contributed by atoms with Crippen molar-refractivity contribution in [2.45, 2.75) is 31.1 Å². The molecule has 0 saturated carbocycles. The van der Waals surface area contributed by atoms with Crippen molar-refractivity contribution >= 4 is 38.9 Å². The molecule has 0 aromatic heterocycles. The van der Waals surface area contributed by atoms with E-state index >= 15 is 0 Å². The number of anilines is 2. The van der Waals surface area contributed by atoms with Gasteiger partial charge in [0.1, 0.15) is 4.90 Å². The minimum absolute atomic E-state index is 0.0320. The highest BCUT2D eigenvalue weighted by Gasteiger charge is 2.22. The summed E-state index contributed by atoms with van der Waals surface area (Å²) in [6, 6.07) is 11.5. The van der Waals surface area contributed by atoms with Crippen LogP contribution >= 0.6 is 11.6 Å². The zero-order chi connectivity index (χ0) is 18.0. The van der Waals surface area contributed by atoms with Crippen molar-refractivity contribution in [3.63, 3.8) is 0 Å². The Balaban J connectivity index is 1.86. The molecule has 2 aromatic rings. The van der Waals surface area contributed by atoms with E-state index in [1.54, 1.807) is 35.2 Å². The van der Waals surface area contributed by atoms with Gasteiger partial charge in [0.15, 0.2) is 0 Å². The van der Waals surface area contributed by atoms with E-state index < -0.39 is 10.0 Å². The summed E-state index contributed by atoms with van der Waals surface area (Å²) in [7, 11) is -3.77. The zero-order valence-corrected chi connectivity index (χ0v) is 15.4. The standard InChI is InChI=1S/C18H19ClN2O3S/c1-13-12-14(9-10-16(13)21-11-5-4-8-18(21)22)20-25(23,24)17-7-3-2-6-15(17)19/h2-3,6-7,9-10,12,20H,4-5,8,11H2,1H3. The maximum Gasteiger partial charge on any atom is 0.263 e. The third-order valence-corrected chi connectivity index (χ3v) is 6.07. The van der Waals surface area contributed by atoms with Crippen molar-refractivity contribution in [3.05, 3.63) is 53.1 Å². The van der Waals surface area contributed by atoms with Crippen LogP contribution < -0.4 is 9.62 Å². The number of amides is 1. The van der Waals surface area contributed by atoms with E-state index in [0.717, 1.165) is 24.1 Å². The van der Waals surface area contributed by atoms with Gasteiger partial charge < -0.3 is 4.90 Å². The fourth-order valence-corrected chi connectivity index (χ4v) is 4.53. The SMILES string of the molecule is Cc1cc(NS(=O)(=O)c2ccccc2Cl)ccc1N1CCCCC1=O. The first-order valence-corrected chi connectivity index (χ1v) is 9.93. The van der Waals surface area contributed by atoms with Gasteiger partial charge in [0.25, 0.3) is 10.0 Å². The van der Waals surface area contributed by atoms with Crippen molar-refractivity contribution < 1.29 is 13.2 Å². The molecule has 7 heteroatoms. The first kappa shape index (κ1) is 17.8. The molecular weight excluding hydrogens is 360 g/mol. The average molecular weight is 379 g/mol. The quantitative estimate of drug-likeness (QED) is 0.875. The van der Waals surface area contributed by atoms with Crippen LogP contribution in [0.4, 0.5) is 11.4 Å². The van der Waals surface area contributed by atoms with Gasteiger partial charge in [-0.3, -0.25) is 9.52 Å². The van der Waals surface area contributed by atoms with Crippen LogP contribution in [0.15, 0.2) is 47.4 Å². The second kappa shape index (κ2) is 7.06. The Morgan fingerprint density at radius 3 is 2.56 bits per heavy atom. The van der Waals surface area contributed by atoms with Gasteiger partial charge in [0.2, 0.25) is 5.91 Å². The lowest BCUT2D eigenvalue weighted by atomic mass is 10.1. The van der Waals surface area contributed by atoms with Crippen LogP contribution in [0.3, 0.4) is 0 Å². The monoisotopic (exact) mass is 378 g/mol. The van der Waals surface area contributed by atoms with Crippen molar-refractivity contribution in [1.82, 2.24) is 0 Å². The number of hydrogen-bond acceptors (Lipinski definition) is 3. The summed E-state index contributed by atoms with van der Waals surface area (Å²) in [4.78, 5) is 13.9. The molecule has 0 spiro atoms. The summed E-state index contributed by atoms with van der Waals surface area (Å²) in [6.07, 6.45) is 2.45. The molecule has 1 amide bonds. The van der Waals surface area contributed by atoms with E-state index in [1.165, 1.54) is 12.1 Å². The molecule has 0 aliphatic carbocycles. The summed E-state index contributed by atoms with van der Waals surface area (Å²) >= 11 is 5.99. The number of halogens is 1. The van der Waals surface area contributed by atoms with E-state index in [4.69, 9.17) is 11.6 Å². The highest BCUT2D eigenvalue weighted by Crippen LogP contribution is 2.29. The van der Waals surface area contributed by atoms with Crippen LogP contribution in [-0.4, -0.2) is 20.9 Å². The molecule has 1 aliphatic heterocycles. The minimum atomic E-state index is -3.77. The second-order valence-corrected chi connectivity index (χ2v) is 8.10. The summed E-state index contributed by atoms with van der Waals surface area (Å²) in [6.45, 7) is 2.56. The van der Waals surface area contributed by atoms with E-state index in [2.05, 4.69) is 4.72 Å². The number of carbonyl (C=O) groups is 1. The largest absolute Gasteiger partial charge is 0.312 e. The van der Waals surface area contributed by atoms with Crippen LogP contribution in [0.25, 0.3) is 0 Å². The number of nitrogens with zero attached hydrogens (tertiary/aromatic N) is 1. The number of hydrogen-bond donors (Lipinski definition) is 1. The number of aryl methyl sites for hydroxylation is 1. The maximum atomic E-state index is 12.5. The first-order valence-electron chi connectivity index (χ1n) is 8.07. The first-order chi connectivity index (χ1) is 11.9. The Kier molecular flexibility index (Phi) is 5.01. The smallest absolute Gasteiger partial charge is 0.263 e. The maximum absolute atomic E-state index is 12.5. The summed E-state index contributed by atoms with van der Waals surface area (Å²) in [5, 5.41) is 0.169. The van der Waals surface area contributed by atoms with Crippen LogP contribution in [0.2, 0.25) is 5.02 Å². The van der Waals surface area contributed by atoms with Crippen molar-refractivity contribution in [2.75, 3.05) is 16.2 Å². The van der Waals surface area contributed by atoms with Gasteiger partial charge in [0.05, 0.1) is 5.02 Å². The van der Waals surface area contributed by atoms with Crippen LogP contribution in [-0.2, 0) is 14.8 Å². The third-order valence-electron chi connectivity index (χ3n) is 4.19. The van der Waals surface area contributed by atoms with Gasteiger partial charge in [-0.25, -0.2) is 8.42 Å². The lowest BCUT2D eigenvalue weighted by Gasteiger charge is -2.28. The molecule has 0 atom stereocenters. The molecule has 3 rings (SSSR count). The molecule has 5 nitrogen and oxygen atoms in total. The molecule has 1 aliphatic rings. The van der Waals surface area contributed by atoms with Crippen molar-refractivity contribution in [2.24, 2.45) is 0 Å².